The van der Waals surface area contributed by atoms with Gasteiger partial charge in [0.05, 0.1) is 55.6 Å². The van der Waals surface area contributed by atoms with E-state index >= 15 is 0 Å². The SMILES string of the molecule is C[C@@H](CCCCO[C@H]1OC(CO[C@]2(C(=O)O)C[C@@H](O)[C@H]3N[C@H]([C@H](O)CO)C3O2)[C@H](O)[C@H](O)C1N)C(=O)O. The van der Waals surface area contributed by atoms with E-state index in [-0.39, 0.29) is 6.61 Å². The van der Waals surface area contributed by atoms with Gasteiger partial charge in [0.2, 0.25) is 0 Å². The van der Waals surface area contributed by atoms with Crippen molar-refractivity contribution >= 4 is 11.9 Å². The van der Waals surface area contributed by atoms with Gasteiger partial charge >= 0.3 is 11.9 Å². The average Bonchev–Trinajstić information content (AvgIpc) is 2.84. The van der Waals surface area contributed by atoms with Gasteiger partial charge in [-0.25, -0.2) is 4.79 Å². The summed E-state index contributed by atoms with van der Waals surface area (Å²) in [5, 5.41) is 72.1. The summed E-state index contributed by atoms with van der Waals surface area (Å²) in [5.41, 5.74) is 5.93. The molecule has 3 heterocycles. The van der Waals surface area contributed by atoms with E-state index in [2.05, 4.69) is 5.32 Å². The molecule has 0 amide bonds. The van der Waals surface area contributed by atoms with Crippen LogP contribution in [0.2, 0.25) is 0 Å². The molecule has 0 bridgehead atoms. The van der Waals surface area contributed by atoms with E-state index in [1.54, 1.807) is 6.92 Å². The number of aliphatic hydroxyl groups excluding tert-OH is 5. The fourth-order valence-electron chi connectivity index (χ4n) is 4.73. The molecule has 3 unspecified atom stereocenters. The number of rotatable bonds is 13. The topological polar surface area (TPSA) is 251 Å². The van der Waals surface area contributed by atoms with Crippen LogP contribution < -0.4 is 11.1 Å². The Morgan fingerprint density at radius 1 is 1.19 bits per heavy atom. The lowest BCUT2D eigenvalue weighted by atomic mass is 9.80. The van der Waals surface area contributed by atoms with Gasteiger partial charge in [0, 0.05) is 13.0 Å². The Bertz CT molecular complexity index is 790. The van der Waals surface area contributed by atoms with Crippen molar-refractivity contribution in [2.24, 2.45) is 11.7 Å². The number of hydrogen-bond donors (Lipinski definition) is 9. The number of carboxylic acids is 2. The molecule has 0 saturated carbocycles. The molecule has 0 spiro atoms. The Labute approximate surface area is 213 Å². The van der Waals surface area contributed by atoms with E-state index in [0.29, 0.717) is 19.3 Å². The normalized spacial score (nSPS) is 41.3. The summed E-state index contributed by atoms with van der Waals surface area (Å²) in [6.45, 7) is 0.556. The van der Waals surface area contributed by atoms with Crippen LogP contribution in [0.4, 0.5) is 0 Å². The lowest BCUT2D eigenvalue weighted by Crippen LogP contribution is -2.79. The van der Waals surface area contributed by atoms with Gasteiger partial charge in [-0.15, -0.1) is 0 Å². The molecule has 37 heavy (non-hydrogen) atoms. The molecule has 0 aromatic carbocycles. The molecule has 3 rings (SSSR count). The van der Waals surface area contributed by atoms with Gasteiger partial charge in [-0.1, -0.05) is 13.3 Å². The molecule has 3 aliphatic heterocycles. The maximum atomic E-state index is 12.1. The van der Waals surface area contributed by atoms with Crippen LogP contribution in [-0.2, 0) is 28.5 Å². The van der Waals surface area contributed by atoms with Crippen LogP contribution >= 0.6 is 0 Å². The van der Waals surface area contributed by atoms with Crippen LogP contribution in [0.25, 0.3) is 0 Å². The Hall–Kier alpha value is -1.50. The van der Waals surface area contributed by atoms with Crippen molar-refractivity contribution in [2.75, 3.05) is 19.8 Å². The number of carboxylic acid groups (broad SMARTS) is 2. The number of hydrogen-bond acceptors (Lipinski definition) is 13. The first kappa shape index (κ1) is 30.0. The van der Waals surface area contributed by atoms with Gasteiger partial charge in [0.25, 0.3) is 5.79 Å². The summed E-state index contributed by atoms with van der Waals surface area (Å²) >= 11 is 0. The summed E-state index contributed by atoms with van der Waals surface area (Å²) in [6, 6.07) is -2.62. The summed E-state index contributed by atoms with van der Waals surface area (Å²) in [4.78, 5) is 23.0. The number of nitrogens with one attached hydrogen (secondary N) is 1. The minimum absolute atomic E-state index is 0.139. The van der Waals surface area contributed by atoms with Gasteiger partial charge in [0.15, 0.2) is 6.29 Å². The number of carbonyl (C=O) groups is 2. The second kappa shape index (κ2) is 12.6. The number of nitrogens with two attached hydrogens (primary N) is 1. The molecule has 3 aliphatic rings. The van der Waals surface area contributed by atoms with Crippen LogP contribution in [0.1, 0.15) is 32.6 Å². The second-order valence-electron chi connectivity index (χ2n) is 9.90. The van der Waals surface area contributed by atoms with Crippen molar-refractivity contribution in [3.8, 4) is 0 Å². The predicted octanol–water partition coefficient (Wildman–Crippen LogP) is -3.69. The molecule has 0 aliphatic carbocycles. The van der Waals surface area contributed by atoms with Crippen LogP contribution in [-0.4, -0.2) is 134 Å². The zero-order valence-corrected chi connectivity index (χ0v) is 20.5. The molecule has 15 heteroatoms. The van der Waals surface area contributed by atoms with Crippen molar-refractivity contribution in [3.63, 3.8) is 0 Å². The number of unbranched alkanes of at least 4 members (excludes halogenated alkanes) is 1. The maximum Gasteiger partial charge on any atom is 0.364 e. The Balaban J connectivity index is 1.59. The molecule has 0 aromatic rings. The highest BCUT2D eigenvalue weighted by Crippen LogP contribution is 2.38. The van der Waals surface area contributed by atoms with E-state index in [4.69, 9.17) is 29.8 Å². The first-order valence-electron chi connectivity index (χ1n) is 12.3. The van der Waals surface area contributed by atoms with Crippen LogP contribution in [0.15, 0.2) is 0 Å². The zero-order valence-electron chi connectivity index (χ0n) is 20.5. The molecule has 3 fully saturated rings. The van der Waals surface area contributed by atoms with E-state index < -0.39 is 104 Å². The van der Waals surface area contributed by atoms with Gasteiger partial charge in [-0.3, -0.25) is 4.79 Å². The molecule has 214 valence electrons. The minimum atomic E-state index is -2.35. The van der Waals surface area contributed by atoms with Crippen molar-refractivity contribution in [1.82, 2.24) is 5.32 Å². The lowest BCUT2D eigenvalue weighted by molar-refractivity contribution is -0.337. The van der Waals surface area contributed by atoms with Crippen LogP contribution in [0.3, 0.4) is 0 Å². The molecule has 3 saturated heterocycles. The highest BCUT2D eigenvalue weighted by molar-refractivity contribution is 5.76. The van der Waals surface area contributed by atoms with Crippen LogP contribution in [0.5, 0.6) is 0 Å². The maximum absolute atomic E-state index is 12.1. The van der Waals surface area contributed by atoms with Gasteiger partial charge < -0.3 is 65.7 Å². The summed E-state index contributed by atoms with van der Waals surface area (Å²) in [6.07, 6.45) is -7.87. The molecular formula is C22H38N2O13. The van der Waals surface area contributed by atoms with E-state index in [1.165, 1.54) is 0 Å². The first-order valence-corrected chi connectivity index (χ1v) is 12.3. The smallest absolute Gasteiger partial charge is 0.364 e. The lowest BCUT2D eigenvalue weighted by Gasteiger charge is -2.55. The number of fused-ring (bicyclic) bond motifs is 1. The van der Waals surface area contributed by atoms with Crippen molar-refractivity contribution in [1.29, 1.82) is 0 Å². The Morgan fingerprint density at radius 3 is 2.51 bits per heavy atom. The van der Waals surface area contributed by atoms with E-state index in [9.17, 15) is 40.2 Å². The van der Waals surface area contributed by atoms with Crippen molar-refractivity contribution in [2.45, 2.75) is 99.4 Å². The third-order valence-corrected chi connectivity index (χ3v) is 7.20. The van der Waals surface area contributed by atoms with E-state index in [1.807, 2.05) is 0 Å². The highest BCUT2D eigenvalue weighted by atomic mass is 16.7. The van der Waals surface area contributed by atoms with Gasteiger partial charge in [0.1, 0.15) is 18.3 Å². The minimum Gasteiger partial charge on any atom is -0.481 e. The molecule has 10 N–H and O–H groups in total. The van der Waals surface area contributed by atoms with Crippen molar-refractivity contribution in [3.05, 3.63) is 0 Å². The monoisotopic (exact) mass is 538 g/mol. The summed E-state index contributed by atoms with van der Waals surface area (Å²) in [7, 11) is 0. The largest absolute Gasteiger partial charge is 0.481 e. The van der Waals surface area contributed by atoms with E-state index in [0.717, 1.165) is 0 Å². The number of aliphatic hydroxyl groups is 5. The number of aliphatic carboxylic acids is 2. The summed E-state index contributed by atoms with van der Waals surface area (Å²) in [5.74, 6) is -5.29. The third kappa shape index (κ3) is 6.57. The quantitative estimate of drug-likeness (QED) is 0.102. The highest BCUT2D eigenvalue weighted by Gasteiger charge is 2.61. The molecular weight excluding hydrogens is 500 g/mol. The predicted molar refractivity (Wildman–Crippen MR) is 121 cm³/mol. The average molecular weight is 539 g/mol. The standard InChI is InChI=1S/C22H38N2O13/c1-9(19(30)31)4-2-3-5-34-20-13(23)17(29)16(28)12(36-20)8-35-22(21(32)33)6-10(26)14-18(37-22)15(24-14)11(27)7-25/h9-18,20,24-29H,2-8,23H2,1H3,(H,30,31)(H,32,33)/t9-,10+,11+,12?,13?,14+,15+,16-,17+,18?,20-,22+/m0/s1. The van der Waals surface area contributed by atoms with Crippen molar-refractivity contribution < 1.29 is 64.3 Å². The first-order chi connectivity index (χ1) is 17.4. The Morgan fingerprint density at radius 2 is 1.89 bits per heavy atom. The molecule has 15 nitrogen and oxygen atoms in total. The fraction of sp³-hybridized carbons (Fsp3) is 0.909. The fourth-order valence-corrected chi connectivity index (χ4v) is 4.73. The molecule has 0 radical (unpaired) electrons. The summed E-state index contributed by atoms with van der Waals surface area (Å²) < 4.78 is 22.5. The molecule has 0 aromatic heterocycles. The van der Waals surface area contributed by atoms with Crippen LogP contribution in [0, 0.1) is 5.92 Å². The third-order valence-electron chi connectivity index (χ3n) is 7.20. The zero-order chi connectivity index (χ0) is 27.5. The number of ether oxygens (including phenoxy) is 4. The van der Waals surface area contributed by atoms with Gasteiger partial charge in [-0.2, -0.15) is 0 Å². The van der Waals surface area contributed by atoms with Gasteiger partial charge in [-0.05, 0) is 12.8 Å². The second-order valence-corrected chi connectivity index (χ2v) is 9.90. The molecule has 12 atom stereocenters. The Kier molecular flexibility index (Phi) is 10.2.